The number of hydrogen-bond donors (Lipinski definition) is 3. The molecule has 0 spiro atoms. The van der Waals surface area contributed by atoms with Gasteiger partial charge < -0.3 is 11.1 Å². The molecule has 1 heterocycles. The Morgan fingerprint density at radius 2 is 2.25 bits per heavy atom. The number of nitrogens with two attached hydrogens (primary N) is 1. The van der Waals surface area contributed by atoms with Crippen LogP contribution in [0.1, 0.15) is 41.0 Å². The second-order valence-electron chi connectivity index (χ2n) is 4.71. The van der Waals surface area contributed by atoms with Crippen LogP contribution in [-0.2, 0) is 0 Å². The Labute approximate surface area is 94.8 Å². The van der Waals surface area contributed by atoms with Crippen molar-refractivity contribution in [2.24, 2.45) is 5.73 Å². The van der Waals surface area contributed by atoms with E-state index in [1.54, 1.807) is 0 Å². The molecule has 0 radical (unpaired) electrons. The third kappa shape index (κ3) is 1.95. The fraction of sp³-hybridized carbons (Fsp3) is 0.636. The van der Waals surface area contributed by atoms with Crippen LogP contribution in [-0.4, -0.2) is 28.2 Å². The molecule has 5 heteroatoms. The Balaban J connectivity index is 1.98. The maximum atomic E-state index is 11.9. The molecule has 0 aliphatic heterocycles. The van der Waals surface area contributed by atoms with E-state index in [4.69, 9.17) is 5.73 Å². The highest BCUT2D eigenvalue weighted by Crippen LogP contribution is 2.28. The van der Waals surface area contributed by atoms with Gasteiger partial charge in [-0.2, -0.15) is 5.10 Å². The van der Waals surface area contributed by atoms with E-state index in [1.165, 1.54) is 0 Å². The molecule has 2 rings (SSSR count). The van der Waals surface area contributed by atoms with E-state index >= 15 is 0 Å². The number of nitrogens with zero attached hydrogens (tertiary/aromatic N) is 1. The van der Waals surface area contributed by atoms with Gasteiger partial charge in [0.15, 0.2) is 0 Å². The third-order valence-electron chi connectivity index (χ3n) is 3.31. The number of carbonyl (C=O) groups excluding carboxylic acids is 1. The highest BCUT2D eigenvalue weighted by Gasteiger charge is 2.33. The molecule has 1 saturated carbocycles. The van der Waals surface area contributed by atoms with Gasteiger partial charge in [-0.3, -0.25) is 9.89 Å². The van der Waals surface area contributed by atoms with Crippen molar-refractivity contribution in [1.82, 2.24) is 15.5 Å². The molecule has 1 fully saturated rings. The van der Waals surface area contributed by atoms with E-state index in [0.29, 0.717) is 12.1 Å². The summed E-state index contributed by atoms with van der Waals surface area (Å²) in [5, 5.41) is 9.68. The van der Waals surface area contributed by atoms with Gasteiger partial charge in [0, 0.05) is 17.8 Å². The molecule has 0 atom stereocenters. The van der Waals surface area contributed by atoms with Gasteiger partial charge in [-0.25, -0.2) is 0 Å². The third-order valence-corrected chi connectivity index (χ3v) is 3.31. The molecule has 1 aromatic rings. The van der Waals surface area contributed by atoms with Crippen molar-refractivity contribution < 1.29 is 4.79 Å². The van der Waals surface area contributed by atoms with Crippen molar-refractivity contribution in [3.05, 3.63) is 17.0 Å². The molecule has 1 amide bonds. The Morgan fingerprint density at radius 1 is 1.56 bits per heavy atom. The van der Waals surface area contributed by atoms with Gasteiger partial charge in [0.1, 0.15) is 0 Å². The molecule has 1 aliphatic carbocycles. The first kappa shape index (κ1) is 11.1. The van der Waals surface area contributed by atoms with E-state index in [1.807, 2.05) is 13.8 Å². The SMILES string of the molecule is Cc1n[nH]c(C)c1C(=O)NCC1(N)CCC1. The van der Waals surface area contributed by atoms with Crippen LogP contribution in [0, 0.1) is 13.8 Å². The maximum absolute atomic E-state index is 11.9. The van der Waals surface area contributed by atoms with Gasteiger partial charge in [-0.05, 0) is 33.1 Å². The smallest absolute Gasteiger partial charge is 0.255 e. The van der Waals surface area contributed by atoms with Crippen molar-refractivity contribution in [1.29, 1.82) is 0 Å². The Bertz CT molecular complexity index is 387. The molecular formula is C11H18N4O. The monoisotopic (exact) mass is 222 g/mol. The number of amides is 1. The summed E-state index contributed by atoms with van der Waals surface area (Å²) >= 11 is 0. The van der Waals surface area contributed by atoms with E-state index in [2.05, 4.69) is 15.5 Å². The van der Waals surface area contributed by atoms with E-state index in [-0.39, 0.29) is 11.4 Å². The zero-order chi connectivity index (χ0) is 11.8. The minimum absolute atomic E-state index is 0.0829. The van der Waals surface area contributed by atoms with Crippen LogP contribution in [0.15, 0.2) is 0 Å². The minimum atomic E-state index is -0.179. The number of carbonyl (C=O) groups is 1. The average Bonchev–Trinajstić information content (AvgIpc) is 2.52. The van der Waals surface area contributed by atoms with Crippen LogP contribution in [0.4, 0.5) is 0 Å². The molecular weight excluding hydrogens is 204 g/mol. The first-order valence-electron chi connectivity index (χ1n) is 5.60. The molecule has 4 N–H and O–H groups in total. The summed E-state index contributed by atoms with van der Waals surface area (Å²) in [5.74, 6) is -0.0829. The summed E-state index contributed by atoms with van der Waals surface area (Å²) in [6, 6.07) is 0. The zero-order valence-electron chi connectivity index (χ0n) is 9.76. The number of aromatic nitrogens is 2. The Kier molecular flexibility index (Phi) is 2.71. The van der Waals surface area contributed by atoms with Crippen LogP contribution in [0.25, 0.3) is 0 Å². The lowest BCUT2D eigenvalue weighted by Crippen LogP contribution is -2.55. The predicted molar refractivity (Wildman–Crippen MR) is 61.2 cm³/mol. The second-order valence-corrected chi connectivity index (χ2v) is 4.71. The lowest BCUT2D eigenvalue weighted by Gasteiger charge is -2.38. The largest absolute Gasteiger partial charge is 0.350 e. The lowest BCUT2D eigenvalue weighted by atomic mass is 9.78. The first-order chi connectivity index (χ1) is 7.52. The highest BCUT2D eigenvalue weighted by atomic mass is 16.1. The molecule has 0 unspecified atom stereocenters. The van der Waals surface area contributed by atoms with Crippen LogP contribution in [0.5, 0.6) is 0 Å². The average molecular weight is 222 g/mol. The lowest BCUT2D eigenvalue weighted by molar-refractivity contribution is 0.0928. The summed E-state index contributed by atoms with van der Waals surface area (Å²) < 4.78 is 0. The molecule has 1 aromatic heterocycles. The Morgan fingerprint density at radius 3 is 2.69 bits per heavy atom. The van der Waals surface area contributed by atoms with Gasteiger partial charge in [0.25, 0.3) is 5.91 Å². The molecule has 0 saturated heterocycles. The van der Waals surface area contributed by atoms with E-state index < -0.39 is 0 Å². The van der Waals surface area contributed by atoms with Crippen LogP contribution < -0.4 is 11.1 Å². The number of nitrogens with one attached hydrogen (secondary N) is 2. The predicted octanol–water partition coefficient (Wildman–Crippen LogP) is 0.638. The van der Waals surface area contributed by atoms with Crippen molar-refractivity contribution in [3.63, 3.8) is 0 Å². The summed E-state index contributed by atoms with van der Waals surface area (Å²) in [5.41, 5.74) is 8.04. The summed E-state index contributed by atoms with van der Waals surface area (Å²) in [4.78, 5) is 11.9. The van der Waals surface area contributed by atoms with Gasteiger partial charge in [0.05, 0.1) is 11.3 Å². The molecule has 1 aliphatic rings. The Hall–Kier alpha value is -1.36. The van der Waals surface area contributed by atoms with Crippen molar-refractivity contribution in [2.45, 2.75) is 38.6 Å². The van der Waals surface area contributed by atoms with Gasteiger partial charge in [0.2, 0.25) is 0 Å². The molecule has 5 nitrogen and oxygen atoms in total. The van der Waals surface area contributed by atoms with Gasteiger partial charge in [-0.1, -0.05) is 0 Å². The first-order valence-corrected chi connectivity index (χ1v) is 5.60. The number of aromatic amines is 1. The van der Waals surface area contributed by atoms with Crippen LogP contribution in [0.3, 0.4) is 0 Å². The molecule has 0 bridgehead atoms. The van der Waals surface area contributed by atoms with Crippen molar-refractivity contribution >= 4 is 5.91 Å². The number of rotatable bonds is 3. The highest BCUT2D eigenvalue weighted by molar-refractivity contribution is 5.96. The standard InChI is InChI=1S/C11H18N4O/c1-7-9(8(2)15-14-7)10(16)13-6-11(12)4-3-5-11/h3-6,12H2,1-2H3,(H,13,16)(H,14,15). The molecule has 88 valence electrons. The maximum Gasteiger partial charge on any atom is 0.255 e. The van der Waals surface area contributed by atoms with Crippen LogP contribution in [0.2, 0.25) is 0 Å². The second kappa shape index (κ2) is 3.90. The summed E-state index contributed by atoms with van der Waals surface area (Å²) in [6.07, 6.45) is 3.16. The zero-order valence-corrected chi connectivity index (χ0v) is 9.76. The quantitative estimate of drug-likeness (QED) is 0.701. The number of H-pyrrole nitrogens is 1. The van der Waals surface area contributed by atoms with Crippen molar-refractivity contribution in [2.75, 3.05) is 6.54 Å². The summed E-state index contributed by atoms with van der Waals surface area (Å²) in [7, 11) is 0. The fourth-order valence-corrected chi connectivity index (χ4v) is 2.04. The number of aryl methyl sites for hydroxylation is 2. The van der Waals surface area contributed by atoms with E-state index in [0.717, 1.165) is 30.7 Å². The fourth-order valence-electron chi connectivity index (χ4n) is 2.04. The van der Waals surface area contributed by atoms with E-state index in [9.17, 15) is 4.79 Å². The topological polar surface area (TPSA) is 83.8 Å². The van der Waals surface area contributed by atoms with Gasteiger partial charge in [-0.15, -0.1) is 0 Å². The van der Waals surface area contributed by atoms with Gasteiger partial charge >= 0.3 is 0 Å². The number of hydrogen-bond acceptors (Lipinski definition) is 3. The summed E-state index contributed by atoms with van der Waals surface area (Å²) in [6.45, 7) is 4.21. The molecule has 16 heavy (non-hydrogen) atoms. The normalized spacial score (nSPS) is 17.9. The molecule has 0 aromatic carbocycles. The van der Waals surface area contributed by atoms with Crippen LogP contribution >= 0.6 is 0 Å². The van der Waals surface area contributed by atoms with Crippen molar-refractivity contribution in [3.8, 4) is 0 Å². The minimum Gasteiger partial charge on any atom is -0.350 e.